The molecule has 1 amide bonds. The van der Waals surface area contributed by atoms with E-state index in [-0.39, 0.29) is 11.7 Å². The Kier molecular flexibility index (Phi) is 4.38. The normalized spacial score (nSPS) is 24.9. The fraction of sp³-hybridized carbons (Fsp3) is 0.667. The fourth-order valence-electron chi connectivity index (χ4n) is 3.41. The summed E-state index contributed by atoms with van der Waals surface area (Å²) in [6.45, 7) is 0.872. The molecule has 0 bridgehead atoms. The quantitative estimate of drug-likeness (QED) is 0.847. The van der Waals surface area contributed by atoms with Crippen molar-refractivity contribution in [3.05, 3.63) is 22.4 Å². The van der Waals surface area contributed by atoms with Gasteiger partial charge in [-0.15, -0.1) is 11.3 Å². The maximum Gasteiger partial charge on any atom is 0.244 e. The van der Waals surface area contributed by atoms with E-state index < -0.39 is 0 Å². The highest BCUT2D eigenvalue weighted by Gasteiger charge is 2.52. The van der Waals surface area contributed by atoms with Crippen molar-refractivity contribution in [1.29, 1.82) is 0 Å². The Morgan fingerprint density at radius 3 is 2.95 bits per heavy atom. The summed E-state index contributed by atoms with van der Waals surface area (Å²) in [7, 11) is 0. The lowest BCUT2D eigenvalue weighted by Gasteiger charge is -2.23. The van der Waals surface area contributed by atoms with Gasteiger partial charge in [0.05, 0.1) is 5.54 Å². The predicted molar refractivity (Wildman–Crippen MR) is 86.1 cm³/mol. The molecule has 2 fully saturated rings. The number of nitrogens with one attached hydrogen (secondary N) is 1. The van der Waals surface area contributed by atoms with Crippen LogP contribution in [-0.2, 0) is 4.79 Å². The van der Waals surface area contributed by atoms with E-state index in [4.69, 9.17) is 0 Å². The van der Waals surface area contributed by atoms with Crippen LogP contribution in [0.5, 0.6) is 0 Å². The minimum atomic E-state index is -0.256. The summed E-state index contributed by atoms with van der Waals surface area (Å²) in [5.74, 6) is 1.46. The van der Waals surface area contributed by atoms with Crippen molar-refractivity contribution in [3.8, 4) is 0 Å². The molecule has 1 aromatic heterocycles. The maximum absolute atomic E-state index is 12.9. The first kappa shape index (κ1) is 14.4. The number of thioether (sulfide) groups is 1. The van der Waals surface area contributed by atoms with Crippen LogP contribution in [0.2, 0.25) is 0 Å². The zero-order chi connectivity index (χ0) is 14.0. The molecule has 1 saturated heterocycles. The number of rotatable bonds is 5. The number of nitrogens with zero attached hydrogens (tertiary/aromatic N) is 1. The highest BCUT2D eigenvalue weighted by Crippen LogP contribution is 2.41. The van der Waals surface area contributed by atoms with E-state index in [2.05, 4.69) is 34.0 Å². The molecule has 1 aliphatic heterocycles. The van der Waals surface area contributed by atoms with Crippen molar-refractivity contribution in [2.24, 2.45) is 0 Å². The van der Waals surface area contributed by atoms with E-state index in [9.17, 15) is 4.79 Å². The topological polar surface area (TPSA) is 32.3 Å². The van der Waals surface area contributed by atoms with Gasteiger partial charge in [-0.3, -0.25) is 10.1 Å². The molecule has 1 spiro atoms. The highest BCUT2D eigenvalue weighted by molar-refractivity contribution is 7.98. The smallest absolute Gasteiger partial charge is 0.244 e. The Hall–Kier alpha value is -0.520. The number of thiophene rings is 1. The molecular formula is C15H22N2OS2. The van der Waals surface area contributed by atoms with Crippen molar-refractivity contribution in [2.45, 2.75) is 43.8 Å². The Morgan fingerprint density at radius 1 is 1.50 bits per heavy atom. The lowest BCUT2D eigenvalue weighted by Crippen LogP contribution is -2.44. The molecule has 110 valence electrons. The Bertz CT molecular complexity index is 454. The maximum atomic E-state index is 12.9. The van der Waals surface area contributed by atoms with Gasteiger partial charge in [-0.2, -0.15) is 11.8 Å². The molecule has 0 aromatic carbocycles. The van der Waals surface area contributed by atoms with Gasteiger partial charge in [0.15, 0.2) is 0 Å². The molecule has 2 heterocycles. The molecule has 1 aliphatic carbocycles. The second-order valence-electron chi connectivity index (χ2n) is 5.70. The van der Waals surface area contributed by atoms with Crippen molar-refractivity contribution in [1.82, 2.24) is 10.2 Å². The SMILES string of the molecule is CSCCCN1C(=O)C2(CCCC2)NC1c1cccs1. The standard InChI is InChI=1S/C15H22N2OS2/c1-19-10-5-9-17-13(12-6-4-11-20-12)16-15(14(17)18)7-2-3-8-15/h4,6,11,13,16H,2-3,5,7-10H2,1H3. The molecule has 3 nitrogen and oxygen atoms in total. The van der Waals surface area contributed by atoms with Crippen LogP contribution in [0.1, 0.15) is 43.1 Å². The zero-order valence-electron chi connectivity index (χ0n) is 11.9. The molecule has 1 N–H and O–H groups in total. The Morgan fingerprint density at radius 2 is 2.30 bits per heavy atom. The van der Waals surface area contributed by atoms with E-state index in [0.717, 1.165) is 31.6 Å². The summed E-state index contributed by atoms with van der Waals surface area (Å²) in [4.78, 5) is 16.3. The molecule has 2 aliphatic rings. The summed E-state index contributed by atoms with van der Waals surface area (Å²) < 4.78 is 0. The van der Waals surface area contributed by atoms with Gasteiger partial charge in [0.1, 0.15) is 6.17 Å². The molecule has 1 unspecified atom stereocenters. The molecule has 1 saturated carbocycles. The number of amides is 1. The van der Waals surface area contributed by atoms with Gasteiger partial charge in [0, 0.05) is 11.4 Å². The van der Waals surface area contributed by atoms with Crippen molar-refractivity contribution in [3.63, 3.8) is 0 Å². The average molecular weight is 310 g/mol. The van der Waals surface area contributed by atoms with Crippen LogP contribution in [0.25, 0.3) is 0 Å². The highest BCUT2D eigenvalue weighted by atomic mass is 32.2. The largest absolute Gasteiger partial charge is 0.320 e. The minimum absolute atomic E-state index is 0.0995. The van der Waals surface area contributed by atoms with Gasteiger partial charge in [0.2, 0.25) is 5.91 Å². The second-order valence-corrected chi connectivity index (χ2v) is 7.66. The van der Waals surface area contributed by atoms with E-state index in [1.807, 2.05) is 11.8 Å². The van der Waals surface area contributed by atoms with E-state index in [0.29, 0.717) is 5.91 Å². The summed E-state index contributed by atoms with van der Waals surface area (Å²) in [5, 5.41) is 5.77. The van der Waals surface area contributed by atoms with Gasteiger partial charge >= 0.3 is 0 Å². The average Bonchev–Trinajstić information content (AvgIpc) is 3.16. The Labute approximate surface area is 129 Å². The van der Waals surface area contributed by atoms with Crippen molar-refractivity contribution in [2.75, 3.05) is 18.6 Å². The van der Waals surface area contributed by atoms with Crippen LogP contribution in [0.3, 0.4) is 0 Å². The van der Waals surface area contributed by atoms with Gasteiger partial charge in [-0.05, 0) is 42.7 Å². The summed E-state index contributed by atoms with van der Waals surface area (Å²) in [5.41, 5.74) is -0.256. The molecule has 0 radical (unpaired) electrons. The van der Waals surface area contributed by atoms with Crippen LogP contribution in [-0.4, -0.2) is 34.9 Å². The molecular weight excluding hydrogens is 288 g/mol. The summed E-state index contributed by atoms with van der Waals surface area (Å²) in [6.07, 6.45) is 7.66. The van der Waals surface area contributed by atoms with Crippen LogP contribution >= 0.6 is 23.1 Å². The van der Waals surface area contributed by atoms with Crippen LogP contribution in [0.15, 0.2) is 17.5 Å². The molecule has 1 atom stereocenters. The second kappa shape index (κ2) is 6.08. The molecule has 20 heavy (non-hydrogen) atoms. The Balaban J connectivity index is 1.80. The summed E-state index contributed by atoms with van der Waals surface area (Å²) in [6, 6.07) is 4.22. The van der Waals surface area contributed by atoms with Crippen LogP contribution in [0.4, 0.5) is 0 Å². The van der Waals surface area contributed by atoms with Gasteiger partial charge in [0.25, 0.3) is 0 Å². The van der Waals surface area contributed by atoms with Gasteiger partial charge < -0.3 is 4.90 Å². The molecule has 5 heteroatoms. The third kappa shape index (κ3) is 2.51. The van der Waals surface area contributed by atoms with Crippen LogP contribution in [0, 0.1) is 0 Å². The number of carbonyl (C=O) groups is 1. The zero-order valence-corrected chi connectivity index (χ0v) is 13.6. The first-order valence-electron chi connectivity index (χ1n) is 7.38. The van der Waals surface area contributed by atoms with Crippen LogP contribution < -0.4 is 5.32 Å². The van der Waals surface area contributed by atoms with Gasteiger partial charge in [-0.25, -0.2) is 0 Å². The third-order valence-corrected chi connectivity index (χ3v) is 6.03. The van der Waals surface area contributed by atoms with E-state index >= 15 is 0 Å². The van der Waals surface area contributed by atoms with Gasteiger partial charge in [-0.1, -0.05) is 18.9 Å². The van der Waals surface area contributed by atoms with E-state index in [1.165, 1.54) is 17.7 Å². The van der Waals surface area contributed by atoms with Crippen molar-refractivity contribution >= 4 is 29.0 Å². The van der Waals surface area contributed by atoms with E-state index in [1.54, 1.807) is 11.3 Å². The first-order valence-corrected chi connectivity index (χ1v) is 9.65. The lowest BCUT2D eigenvalue weighted by atomic mass is 9.98. The molecule has 3 rings (SSSR count). The number of hydrogen-bond acceptors (Lipinski definition) is 4. The number of carbonyl (C=O) groups excluding carboxylic acids is 1. The number of hydrogen-bond donors (Lipinski definition) is 1. The summed E-state index contributed by atoms with van der Waals surface area (Å²) >= 11 is 3.60. The predicted octanol–water partition coefficient (Wildman–Crippen LogP) is 3.24. The minimum Gasteiger partial charge on any atom is -0.320 e. The lowest BCUT2D eigenvalue weighted by molar-refractivity contribution is -0.133. The van der Waals surface area contributed by atoms with Crippen molar-refractivity contribution < 1.29 is 4.79 Å². The first-order chi connectivity index (χ1) is 9.77. The monoisotopic (exact) mass is 310 g/mol. The fourth-order valence-corrected chi connectivity index (χ4v) is 4.62. The third-order valence-electron chi connectivity index (χ3n) is 4.41. The molecule has 1 aromatic rings.